The number of hydrogen-bond donors (Lipinski definition) is 1. The molecule has 2 aromatic carbocycles. The van der Waals surface area contributed by atoms with Gasteiger partial charge in [0, 0.05) is 0 Å². The summed E-state index contributed by atoms with van der Waals surface area (Å²) < 4.78 is 10.3. The van der Waals surface area contributed by atoms with E-state index in [2.05, 4.69) is 5.32 Å². The Morgan fingerprint density at radius 2 is 1.84 bits per heavy atom. The van der Waals surface area contributed by atoms with Crippen LogP contribution in [0.4, 0.5) is 0 Å². The minimum atomic E-state index is -1.33. The first kappa shape index (κ1) is 16.8. The molecule has 0 spiro atoms. The van der Waals surface area contributed by atoms with Gasteiger partial charge < -0.3 is 14.5 Å². The van der Waals surface area contributed by atoms with Crippen LogP contribution in [0, 0.1) is 0 Å². The number of ether oxygens (including phenoxy) is 1. The molecule has 0 saturated heterocycles. The predicted molar refractivity (Wildman–Crippen MR) is 94.1 cm³/mol. The van der Waals surface area contributed by atoms with Crippen molar-refractivity contribution < 1.29 is 18.7 Å². The number of carbonyl (C=O) groups excluding carboxylic acids is 2. The summed E-state index contributed by atoms with van der Waals surface area (Å²) in [6, 6.07) is 16.6. The van der Waals surface area contributed by atoms with E-state index in [9.17, 15) is 9.59 Å². The summed E-state index contributed by atoms with van der Waals surface area (Å²) in [5, 5.41) is 4.78. The molecule has 3 rings (SSSR count). The maximum atomic E-state index is 12.6. The number of nitrogens with one attached hydrogen (secondary N) is 1. The largest absolute Gasteiger partial charge is 0.464 e. The predicted octanol–water partition coefficient (Wildman–Crippen LogP) is 3.64. The first-order valence-corrected chi connectivity index (χ1v) is 8.07. The Balaban J connectivity index is 2.03. The summed E-state index contributed by atoms with van der Waals surface area (Å²) in [4.78, 5) is 25.1. The van der Waals surface area contributed by atoms with Gasteiger partial charge in [-0.1, -0.05) is 36.4 Å². The quantitative estimate of drug-likeness (QED) is 0.722. The molecule has 0 aliphatic carbocycles. The first-order valence-electron chi connectivity index (χ1n) is 8.07. The van der Waals surface area contributed by atoms with Gasteiger partial charge in [0.1, 0.15) is 0 Å². The topological polar surface area (TPSA) is 68.5 Å². The van der Waals surface area contributed by atoms with Crippen LogP contribution in [0.5, 0.6) is 0 Å². The van der Waals surface area contributed by atoms with Crippen molar-refractivity contribution >= 4 is 22.6 Å². The molecule has 1 unspecified atom stereocenters. The van der Waals surface area contributed by atoms with Gasteiger partial charge in [-0.25, -0.2) is 4.79 Å². The number of fused-ring (bicyclic) bond motifs is 1. The smallest absolute Gasteiger partial charge is 0.336 e. The lowest BCUT2D eigenvalue weighted by atomic mass is 9.90. The van der Waals surface area contributed by atoms with E-state index in [4.69, 9.17) is 9.15 Å². The average molecular weight is 337 g/mol. The fourth-order valence-electron chi connectivity index (χ4n) is 2.71. The van der Waals surface area contributed by atoms with Gasteiger partial charge in [-0.15, -0.1) is 0 Å². The van der Waals surface area contributed by atoms with Crippen molar-refractivity contribution in [2.75, 3.05) is 6.61 Å². The van der Waals surface area contributed by atoms with Crippen molar-refractivity contribution in [2.24, 2.45) is 0 Å². The number of esters is 1. The third kappa shape index (κ3) is 3.26. The van der Waals surface area contributed by atoms with Crippen LogP contribution >= 0.6 is 0 Å². The van der Waals surface area contributed by atoms with Crippen molar-refractivity contribution in [3.8, 4) is 0 Å². The van der Waals surface area contributed by atoms with Crippen molar-refractivity contribution in [3.05, 3.63) is 72.2 Å². The number of rotatable bonds is 5. The van der Waals surface area contributed by atoms with Crippen molar-refractivity contribution in [1.29, 1.82) is 0 Å². The lowest BCUT2D eigenvalue weighted by Gasteiger charge is -2.29. The highest BCUT2D eigenvalue weighted by Crippen LogP contribution is 2.27. The molecule has 1 amide bonds. The standard InChI is InChI=1S/C20H19NO4/c1-3-24-19(23)20(2,21-18(22)17-9-6-12-25-17)16-11-10-14-7-4-5-8-15(14)13-16/h4-13H,3H2,1-2H3,(H,21,22). The second kappa shape index (κ2) is 6.81. The molecule has 5 heteroatoms. The van der Waals surface area contributed by atoms with Crippen LogP contribution in [-0.4, -0.2) is 18.5 Å². The van der Waals surface area contributed by atoms with Crippen LogP contribution in [0.15, 0.2) is 65.3 Å². The monoisotopic (exact) mass is 337 g/mol. The minimum absolute atomic E-state index is 0.135. The van der Waals surface area contributed by atoms with E-state index in [1.165, 1.54) is 6.26 Å². The molecule has 1 heterocycles. The normalized spacial score (nSPS) is 13.2. The van der Waals surface area contributed by atoms with E-state index in [-0.39, 0.29) is 12.4 Å². The summed E-state index contributed by atoms with van der Waals surface area (Å²) in [6.07, 6.45) is 1.41. The molecular weight excluding hydrogens is 318 g/mol. The Kier molecular flexibility index (Phi) is 4.57. The van der Waals surface area contributed by atoms with Crippen LogP contribution in [0.3, 0.4) is 0 Å². The Bertz CT molecular complexity index is 901. The van der Waals surface area contributed by atoms with Gasteiger partial charge in [0.05, 0.1) is 12.9 Å². The second-order valence-electron chi connectivity index (χ2n) is 5.84. The van der Waals surface area contributed by atoms with Gasteiger partial charge in [0.25, 0.3) is 5.91 Å². The Labute approximate surface area is 145 Å². The molecular formula is C20H19NO4. The zero-order valence-corrected chi connectivity index (χ0v) is 14.1. The van der Waals surface area contributed by atoms with Gasteiger partial charge in [0.15, 0.2) is 11.3 Å². The van der Waals surface area contributed by atoms with Crippen LogP contribution in [-0.2, 0) is 15.1 Å². The molecule has 0 saturated carbocycles. The number of hydrogen-bond acceptors (Lipinski definition) is 4. The molecule has 0 fully saturated rings. The fraction of sp³-hybridized carbons (Fsp3) is 0.200. The Morgan fingerprint density at radius 3 is 2.52 bits per heavy atom. The fourth-order valence-corrected chi connectivity index (χ4v) is 2.71. The summed E-state index contributed by atoms with van der Waals surface area (Å²) in [5.74, 6) is -0.866. The average Bonchev–Trinajstić information content (AvgIpc) is 3.16. The van der Waals surface area contributed by atoms with Crippen LogP contribution < -0.4 is 5.32 Å². The van der Waals surface area contributed by atoms with Gasteiger partial charge in [-0.05, 0) is 48.4 Å². The van der Waals surface area contributed by atoms with E-state index in [1.54, 1.807) is 26.0 Å². The summed E-state index contributed by atoms with van der Waals surface area (Å²) in [6.45, 7) is 3.58. The van der Waals surface area contributed by atoms with Crippen molar-refractivity contribution in [2.45, 2.75) is 19.4 Å². The van der Waals surface area contributed by atoms with Crippen LogP contribution in [0.25, 0.3) is 10.8 Å². The number of carbonyl (C=O) groups is 2. The minimum Gasteiger partial charge on any atom is -0.464 e. The Morgan fingerprint density at radius 1 is 1.08 bits per heavy atom. The zero-order chi connectivity index (χ0) is 17.9. The maximum absolute atomic E-state index is 12.6. The summed E-state index contributed by atoms with van der Waals surface area (Å²) in [7, 11) is 0. The number of benzene rings is 2. The molecule has 128 valence electrons. The van der Waals surface area contributed by atoms with Crippen LogP contribution in [0.1, 0.15) is 30.0 Å². The molecule has 0 aliphatic heterocycles. The van der Waals surface area contributed by atoms with Crippen molar-refractivity contribution in [1.82, 2.24) is 5.32 Å². The number of amides is 1. The lowest BCUT2D eigenvalue weighted by molar-refractivity contribution is -0.150. The van der Waals surface area contributed by atoms with Gasteiger partial charge in [0.2, 0.25) is 0 Å². The van der Waals surface area contributed by atoms with E-state index in [0.29, 0.717) is 5.56 Å². The third-order valence-corrected chi connectivity index (χ3v) is 4.12. The van der Waals surface area contributed by atoms with Gasteiger partial charge in [-0.3, -0.25) is 4.79 Å². The van der Waals surface area contributed by atoms with Crippen molar-refractivity contribution in [3.63, 3.8) is 0 Å². The highest BCUT2D eigenvalue weighted by molar-refractivity contribution is 5.97. The highest BCUT2D eigenvalue weighted by atomic mass is 16.5. The molecule has 0 bridgehead atoms. The van der Waals surface area contributed by atoms with E-state index in [0.717, 1.165) is 10.8 Å². The zero-order valence-electron chi connectivity index (χ0n) is 14.1. The van der Waals surface area contributed by atoms with E-state index >= 15 is 0 Å². The van der Waals surface area contributed by atoms with Gasteiger partial charge in [-0.2, -0.15) is 0 Å². The van der Waals surface area contributed by atoms with Gasteiger partial charge >= 0.3 is 5.97 Å². The third-order valence-electron chi connectivity index (χ3n) is 4.12. The molecule has 0 aliphatic rings. The van der Waals surface area contributed by atoms with E-state index in [1.807, 2.05) is 42.5 Å². The van der Waals surface area contributed by atoms with E-state index < -0.39 is 17.4 Å². The number of furan rings is 1. The molecule has 25 heavy (non-hydrogen) atoms. The molecule has 1 N–H and O–H groups in total. The maximum Gasteiger partial charge on any atom is 0.336 e. The highest BCUT2D eigenvalue weighted by Gasteiger charge is 2.39. The lowest BCUT2D eigenvalue weighted by Crippen LogP contribution is -2.50. The Hall–Kier alpha value is -3.08. The SMILES string of the molecule is CCOC(=O)C(C)(NC(=O)c1ccco1)c1ccc2ccccc2c1. The second-order valence-corrected chi connectivity index (χ2v) is 5.84. The molecule has 0 radical (unpaired) electrons. The summed E-state index contributed by atoms with van der Waals surface area (Å²) >= 11 is 0. The molecule has 5 nitrogen and oxygen atoms in total. The van der Waals surface area contributed by atoms with Crippen LogP contribution in [0.2, 0.25) is 0 Å². The molecule has 1 atom stereocenters. The molecule has 1 aromatic heterocycles. The molecule has 3 aromatic rings. The first-order chi connectivity index (χ1) is 12.0. The summed E-state index contributed by atoms with van der Waals surface area (Å²) in [5.41, 5.74) is -0.686.